The van der Waals surface area contributed by atoms with Gasteiger partial charge in [0.25, 0.3) is 0 Å². The summed E-state index contributed by atoms with van der Waals surface area (Å²) in [5, 5.41) is 0.362. The molecular formula is C13H14ClFN4. The first kappa shape index (κ1) is 13.5. The molecule has 0 fully saturated rings. The Hall–Kier alpha value is -1.88. The summed E-state index contributed by atoms with van der Waals surface area (Å²) in [5.41, 5.74) is 7.90. The molecule has 0 bridgehead atoms. The van der Waals surface area contributed by atoms with Crippen LogP contribution in [-0.2, 0) is 13.6 Å². The number of aromatic nitrogens is 2. The molecule has 0 aliphatic heterocycles. The van der Waals surface area contributed by atoms with Crippen LogP contribution in [0.5, 0.6) is 0 Å². The maximum atomic E-state index is 13.6. The van der Waals surface area contributed by atoms with Crippen molar-refractivity contribution in [3.63, 3.8) is 0 Å². The maximum absolute atomic E-state index is 13.6. The number of aryl methyl sites for hydroxylation is 2. The summed E-state index contributed by atoms with van der Waals surface area (Å²) in [5.74, 6) is -0.0439. The van der Waals surface area contributed by atoms with Gasteiger partial charge in [0.2, 0.25) is 0 Å². The van der Waals surface area contributed by atoms with Crippen LogP contribution in [0.15, 0.2) is 29.5 Å². The molecule has 0 amide bonds. The Morgan fingerprint density at radius 1 is 1.53 bits per heavy atom. The molecule has 1 aromatic heterocycles. The van der Waals surface area contributed by atoms with Crippen molar-refractivity contribution in [2.45, 2.75) is 13.5 Å². The van der Waals surface area contributed by atoms with Gasteiger partial charge in [-0.1, -0.05) is 17.7 Å². The highest BCUT2D eigenvalue weighted by molar-refractivity contribution is 6.30. The van der Waals surface area contributed by atoms with E-state index in [-0.39, 0.29) is 12.4 Å². The smallest absolute Gasteiger partial charge is 0.144 e. The van der Waals surface area contributed by atoms with Crippen molar-refractivity contribution < 1.29 is 4.39 Å². The van der Waals surface area contributed by atoms with E-state index in [1.807, 2.05) is 14.0 Å². The third-order valence-corrected chi connectivity index (χ3v) is 3.03. The zero-order valence-electron chi connectivity index (χ0n) is 10.7. The molecule has 0 radical (unpaired) electrons. The van der Waals surface area contributed by atoms with Gasteiger partial charge in [-0.15, -0.1) is 0 Å². The van der Waals surface area contributed by atoms with Crippen molar-refractivity contribution in [3.8, 4) is 0 Å². The minimum Gasteiger partial charge on any atom is -0.382 e. The Morgan fingerprint density at radius 2 is 2.26 bits per heavy atom. The lowest BCUT2D eigenvalue weighted by atomic mass is 10.2. The first-order valence-corrected chi connectivity index (χ1v) is 6.09. The fourth-order valence-corrected chi connectivity index (χ4v) is 1.97. The van der Waals surface area contributed by atoms with Gasteiger partial charge < -0.3 is 10.3 Å². The number of aliphatic imine (C=N–C) groups is 1. The predicted octanol–water partition coefficient (Wildman–Crippen LogP) is 2.43. The summed E-state index contributed by atoms with van der Waals surface area (Å²) in [6, 6.07) is 4.49. The van der Waals surface area contributed by atoms with Crippen LogP contribution < -0.4 is 5.73 Å². The van der Waals surface area contributed by atoms with Crippen LogP contribution in [0.2, 0.25) is 5.02 Å². The number of hydrogen-bond acceptors (Lipinski definition) is 2. The van der Waals surface area contributed by atoms with E-state index in [2.05, 4.69) is 9.98 Å². The average molecular weight is 281 g/mol. The molecule has 2 rings (SSSR count). The molecule has 0 atom stereocenters. The van der Waals surface area contributed by atoms with Crippen molar-refractivity contribution >= 4 is 17.4 Å². The number of amidine groups is 1. The van der Waals surface area contributed by atoms with Crippen LogP contribution in [0.4, 0.5) is 4.39 Å². The van der Waals surface area contributed by atoms with E-state index >= 15 is 0 Å². The van der Waals surface area contributed by atoms with E-state index in [4.69, 9.17) is 17.3 Å². The van der Waals surface area contributed by atoms with E-state index in [0.717, 1.165) is 11.4 Å². The summed E-state index contributed by atoms with van der Waals surface area (Å²) < 4.78 is 15.4. The highest BCUT2D eigenvalue weighted by Gasteiger charge is 2.09. The molecule has 1 heterocycles. The highest BCUT2D eigenvalue weighted by Crippen LogP contribution is 2.15. The Morgan fingerprint density at radius 3 is 2.84 bits per heavy atom. The number of hydrogen-bond donors (Lipinski definition) is 1. The minimum absolute atomic E-state index is 0.166. The summed E-state index contributed by atoms with van der Waals surface area (Å²) in [7, 11) is 1.83. The molecule has 0 aliphatic carbocycles. The molecule has 0 saturated heterocycles. The second kappa shape index (κ2) is 5.40. The standard InChI is InChI=1S/C13H14ClFN4/c1-8-12(19(2)7-18-8)13(16)17-6-9-3-4-10(14)5-11(9)15/h3-5,7H,6H2,1-2H3,(H2,16,17). The summed E-state index contributed by atoms with van der Waals surface area (Å²) in [4.78, 5) is 8.33. The van der Waals surface area contributed by atoms with Crippen LogP contribution in [0, 0.1) is 12.7 Å². The number of nitrogens with zero attached hydrogens (tertiary/aromatic N) is 3. The lowest BCUT2D eigenvalue weighted by Gasteiger charge is -2.04. The second-order valence-corrected chi connectivity index (χ2v) is 4.66. The summed E-state index contributed by atoms with van der Waals surface area (Å²) in [6.07, 6.45) is 1.66. The molecule has 0 unspecified atom stereocenters. The van der Waals surface area contributed by atoms with Crippen molar-refractivity contribution in [2.24, 2.45) is 17.8 Å². The zero-order chi connectivity index (χ0) is 14.0. The van der Waals surface area contributed by atoms with Gasteiger partial charge >= 0.3 is 0 Å². The van der Waals surface area contributed by atoms with E-state index in [1.165, 1.54) is 6.07 Å². The number of benzene rings is 1. The number of imidazole rings is 1. The van der Waals surface area contributed by atoms with E-state index in [1.54, 1.807) is 23.0 Å². The van der Waals surface area contributed by atoms with E-state index in [0.29, 0.717) is 16.4 Å². The fourth-order valence-electron chi connectivity index (χ4n) is 1.81. The molecule has 4 nitrogen and oxygen atoms in total. The number of rotatable bonds is 3. The molecule has 6 heteroatoms. The Labute approximate surface area is 115 Å². The van der Waals surface area contributed by atoms with Gasteiger partial charge in [-0.2, -0.15) is 0 Å². The highest BCUT2D eigenvalue weighted by atomic mass is 35.5. The van der Waals surface area contributed by atoms with Crippen molar-refractivity contribution in [1.29, 1.82) is 0 Å². The lowest BCUT2D eigenvalue weighted by molar-refractivity contribution is 0.611. The number of halogens is 2. The molecular weight excluding hydrogens is 267 g/mol. The molecule has 0 saturated carbocycles. The van der Waals surface area contributed by atoms with Crippen molar-refractivity contribution in [1.82, 2.24) is 9.55 Å². The fraction of sp³-hybridized carbons (Fsp3) is 0.231. The van der Waals surface area contributed by atoms with E-state index < -0.39 is 0 Å². The molecule has 0 spiro atoms. The molecule has 0 aliphatic rings. The maximum Gasteiger partial charge on any atom is 0.144 e. The van der Waals surface area contributed by atoms with Gasteiger partial charge in [0.05, 0.1) is 18.6 Å². The van der Waals surface area contributed by atoms with Crippen LogP contribution >= 0.6 is 11.6 Å². The van der Waals surface area contributed by atoms with Gasteiger partial charge in [-0.05, 0) is 19.1 Å². The molecule has 100 valence electrons. The third kappa shape index (κ3) is 2.93. The average Bonchev–Trinajstić information content (AvgIpc) is 2.68. The molecule has 2 N–H and O–H groups in total. The van der Waals surface area contributed by atoms with Crippen molar-refractivity contribution in [2.75, 3.05) is 0 Å². The van der Waals surface area contributed by atoms with Gasteiger partial charge in [-0.25, -0.2) is 9.37 Å². The van der Waals surface area contributed by atoms with Crippen LogP contribution in [0.1, 0.15) is 17.0 Å². The van der Waals surface area contributed by atoms with E-state index in [9.17, 15) is 4.39 Å². The Bertz CT molecular complexity index is 614. The largest absolute Gasteiger partial charge is 0.382 e. The first-order valence-electron chi connectivity index (χ1n) is 5.71. The van der Waals surface area contributed by atoms with Gasteiger partial charge in [0.1, 0.15) is 17.3 Å². The van der Waals surface area contributed by atoms with Gasteiger partial charge in [0.15, 0.2) is 0 Å². The normalized spacial score (nSPS) is 11.9. The first-order chi connectivity index (χ1) is 8.99. The molecule has 2 aromatic rings. The molecule has 19 heavy (non-hydrogen) atoms. The third-order valence-electron chi connectivity index (χ3n) is 2.80. The zero-order valence-corrected chi connectivity index (χ0v) is 11.4. The lowest BCUT2D eigenvalue weighted by Crippen LogP contribution is -2.18. The van der Waals surface area contributed by atoms with Gasteiger partial charge in [-0.3, -0.25) is 4.99 Å². The monoisotopic (exact) mass is 280 g/mol. The Kier molecular flexibility index (Phi) is 3.85. The van der Waals surface area contributed by atoms with Crippen LogP contribution in [0.25, 0.3) is 0 Å². The summed E-state index contributed by atoms with van der Waals surface area (Å²) >= 11 is 5.69. The second-order valence-electron chi connectivity index (χ2n) is 4.23. The van der Waals surface area contributed by atoms with Gasteiger partial charge in [0, 0.05) is 17.6 Å². The summed E-state index contributed by atoms with van der Waals surface area (Å²) in [6.45, 7) is 2.01. The number of nitrogens with two attached hydrogens (primary N) is 1. The van der Waals surface area contributed by atoms with Crippen LogP contribution in [-0.4, -0.2) is 15.4 Å². The van der Waals surface area contributed by atoms with Crippen LogP contribution in [0.3, 0.4) is 0 Å². The predicted molar refractivity (Wildman–Crippen MR) is 73.8 cm³/mol. The minimum atomic E-state index is -0.384. The molecule has 1 aromatic carbocycles. The SMILES string of the molecule is Cc1ncn(C)c1C(N)=NCc1ccc(Cl)cc1F. The Balaban J connectivity index is 2.23. The quantitative estimate of drug-likeness (QED) is 0.693. The topological polar surface area (TPSA) is 56.2 Å². The van der Waals surface area contributed by atoms with Crippen molar-refractivity contribution in [3.05, 3.63) is 52.3 Å².